The van der Waals surface area contributed by atoms with Gasteiger partial charge >= 0.3 is 0 Å². The van der Waals surface area contributed by atoms with Gasteiger partial charge in [-0.15, -0.1) is 0 Å². The maximum atomic E-state index is 13.4. The number of halogens is 2. The molecule has 2 aromatic rings. The van der Waals surface area contributed by atoms with Crippen LogP contribution in [-0.4, -0.2) is 12.1 Å². The highest BCUT2D eigenvalue weighted by Crippen LogP contribution is 2.21. The summed E-state index contributed by atoms with van der Waals surface area (Å²) in [4.78, 5) is 4.01. The maximum Gasteiger partial charge on any atom is 0.237 e. The molecule has 0 unspecified atom stereocenters. The third kappa shape index (κ3) is 2.74. The topological polar surface area (TPSA) is 34.1 Å². The first kappa shape index (κ1) is 12.3. The highest BCUT2D eigenvalue weighted by molar-refractivity contribution is 5.52. The summed E-state index contributed by atoms with van der Waals surface area (Å²) in [6, 6.07) is 7.00. The summed E-state index contributed by atoms with van der Waals surface area (Å²) in [5.74, 6) is -0.736. The summed E-state index contributed by atoms with van der Waals surface area (Å²) < 4.78 is 31.2. The van der Waals surface area contributed by atoms with Crippen LogP contribution in [0.4, 0.5) is 14.5 Å². The van der Waals surface area contributed by atoms with E-state index in [2.05, 4.69) is 10.3 Å². The summed E-state index contributed by atoms with van der Waals surface area (Å²) in [7, 11) is 1.51. The lowest BCUT2D eigenvalue weighted by molar-refractivity contribution is 0.399. The molecule has 0 radical (unpaired) electrons. The van der Waals surface area contributed by atoms with Crippen molar-refractivity contribution in [1.29, 1.82) is 0 Å². The summed E-state index contributed by atoms with van der Waals surface area (Å²) in [6.45, 7) is 0.230. The van der Waals surface area contributed by atoms with Gasteiger partial charge in [0.05, 0.1) is 12.8 Å². The zero-order valence-electron chi connectivity index (χ0n) is 9.78. The Kier molecular flexibility index (Phi) is 3.72. The molecular formula is C13H12F2N2O. The lowest BCUT2D eigenvalue weighted by Crippen LogP contribution is -2.04. The average Bonchev–Trinajstić information content (AvgIpc) is 2.38. The number of hydrogen-bond donors (Lipinski definition) is 1. The summed E-state index contributed by atoms with van der Waals surface area (Å²) in [6.07, 6.45) is 1.60. The van der Waals surface area contributed by atoms with Crippen LogP contribution in [0.25, 0.3) is 0 Å². The number of anilines is 1. The SMILES string of the molecule is COc1ncccc1NCc1ccc(F)cc1F. The highest BCUT2D eigenvalue weighted by atomic mass is 19.1. The summed E-state index contributed by atoms with van der Waals surface area (Å²) in [5.41, 5.74) is 1.03. The molecule has 0 amide bonds. The Morgan fingerprint density at radius 2 is 2.11 bits per heavy atom. The van der Waals surface area contributed by atoms with Crippen molar-refractivity contribution >= 4 is 5.69 Å². The van der Waals surface area contributed by atoms with Crippen molar-refractivity contribution in [2.24, 2.45) is 0 Å². The van der Waals surface area contributed by atoms with Gasteiger partial charge in [0.25, 0.3) is 0 Å². The summed E-state index contributed by atoms with van der Waals surface area (Å²) >= 11 is 0. The van der Waals surface area contributed by atoms with E-state index < -0.39 is 11.6 Å². The predicted molar refractivity (Wildman–Crippen MR) is 64.5 cm³/mol. The van der Waals surface area contributed by atoms with Gasteiger partial charge in [0.2, 0.25) is 5.88 Å². The second-order valence-corrected chi connectivity index (χ2v) is 3.65. The smallest absolute Gasteiger partial charge is 0.237 e. The molecule has 18 heavy (non-hydrogen) atoms. The van der Waals surface area contributed by atoms with E-state index in [9.17, 15) is 8.78 Å². The number of pyridine rings is 1. The standard InChI is InChI=1S/C13H12F2N2O/c1-18-13-12(3-2-6-16-13)17-8-9-4-5-10(14)7-11(9)15/h2-7,17H,8H2,1H3. The van der Waals surface area contributed by atoms with Gasteiger partial charge in [-0.2, -0.15) is 0 Å². The van der Waals surface area contributed by atoms with Gasteiger partial charge in [-0.1, -0.05) is 6.07 Å². The molecule has 1 aromatic carbocycles. The van der Waals surface area contributed by atoms with E-state index in [1.54, 1.807) is 18.3 Å². The van der Waals surface area contributed by atoms with Gasteiger partial charge in [0.15, 0.2) is 0 Å². The van der Waals surface area contributed by atoms with Gasteiger partial charge < -0.3 is 10.1 Å². The number of rotatable bonds is 4. The third-order valence-electron chi connectivity index (χ3n) is 2.45. The van der Waals surface area contributed by atoms with E-state index in [1.807, 2.05) is 0 Å². The second-order valence-electron chi connectivity index (χ2n) is 3.65. The Bertz CT molecular complexity index is 546. The number of methoxy groups -OCH3 is 1. The highest BCUT2D eigenvalue weighted by Gasteiger charge is 2.06. The molecular weight excluding hydrogens is 238 g/mol. The van der Waals surface area contributed by atoms with Crippen LogP contribution < -0.4 is 10.1 Å². The Labute approximate surface area is 103 Å². The molecule has 3 nitrogen and oxygen atoms in total. The van der Waals surface area contributed by atoms with Crippen LogP contribution in [-0.2, 0) is 6.54 Å². The molecule has 94 valence electrons. The van der Waals surface area contributed by atoms with Crippen molar-refractivity contribution < 1.29 is 13.5 Å². The second kappa shape index (κ2) is 5.44. The van der Waals surface area contributed by atoms with Crippen molar-refractivity contribution in [1.82, 2.24) is 4.98 Å². The molecule has 1 N–H and O–H groups in total. The molecule has 5 heteroatoms. The number of aromatic nitrogens is 1. The Balaban J connectivity index is 2.11. The van der Waals surface area contributed by atoms with Crippen LogP contribution in [0.15, 0.2) is 36.5 Å². The average molecular weight is 250 g/mol. The molecule has 1 heterocycles. The number of ether oxygens (including phenoxy) is 1. The van der Waals surface area contributed by atoms with Crippen LogP contribution in [0.5, 0.6) is 5.88 Å². The van der Waals surface area contributed by atoms with E-state index in [-0.39, 0.29) is 6.54 Å². The molecule has 0 fully saturated rings. The van der Waals surface area contributed by atoms with Gasteiger partial charge in [0.1, 0.15) is 11.6 Å². The number of nitrogens with zero attached hydrogens (tertiary/aromatic N) is 1. The lowest BCUT2D eigenvalue weighted by Gasteiger charge is -2.10. The van der Waals surface area contributed by atoms with Crippen molar-refractivity contribution in [2.45, 2.75) is 6.54 Å². The van der Waals surface area contributed by atoms with Crippen molar-refractivity contribution in [3.8, 4) is 5.88 Å². The molecule has 1 aromatic heterocycles. The molecule has 0 atom stereocenters. The van der Waals surface area contributed by atoms with E-state index in [0.717, 1.165) is 6.07 Å². The van der Waals surface area contributed by atoms with Gasteiger partial charge in [-0.25, -0.2) is 13.8 Å². The van der Waals surface area contributed by atoms with Crippen LogP contribution in [0, 0.1) is 11.6 Å². The minimum absolute atomic E-state index is 0.230. The van der Waals surface area contributed by atoms with Crippen LogP contribution in [0.3, 0.4) is 0 Å². The molecule has 2 rings (SSSR count). The van der Waals surface area contributed by atoms with Crippen LogP contribution in [0.2, 0.25) is 0 Å². The van der Waals surface area contributed by atoms with E-state index in [0.29, 0.717) is 17.1 Å². The molecule has 0 saturated carbocycles. The van der Waals surface area contributed by atoms with Gasteiger partial charge in [-0.3, -0.25) is 0 Å². The first-order valence-electron chi connectivity index (χ1n) is 5.37. The molecule has 0 bridgehead atoms. The van der Waals surface area contributed by atoms with Crippen LogP contribution >= 0.6 is 0 Å². The molecule has 0 aliphatic heterocycles. The van der Waals surface area contributed by atoms with Gasteiger partial charge in [-0.05, 0) is 18.2 Å². The monoisotopic (exact) mass is 250 g/mol. The quantitative estimate of drug-likeness (QED) is 0.905. The fraction of sp³-hybridized carbons (Fsp3) is 0.154. The Morgan fingerprint density at radius 3 is 2.83 bits per heavy atom. The number of nitrogens with one attached hydrogen (secondary N) is 1. The molecule has 0 saturated heterocycles. The first-order chi connectivity index (χ1) is 8.70. The minimum atomic E-state index is -0.588. The first-order valence-corrected chi connectivity index (χ1v) is 5.37. The Morgan fingerprint density at radius 1 is 1.28 bits per heavy atom. The van der Waals surface area contributed by atoms with E-state index in [4.69, 9.17) is 4.74 Å². The number of benzene rings is 1. The zero-order chi connectivity index (χ0) is 13.0. The predicted octanol–water partition coefficient (Wildman–Crippen LogP) is 2.98. The summed E-state index contributed by atoms with van der Waals surface area (Å²) in [5, 5.41) is 2.99. The Hall–Kier alpha value is -2.17. The van der Waals surface area contributed by atoms with E-state index in [1.165, 1.54) is 19.2 Å². The largest absolute Gasteiger partial charge is 0.480 e. The molecule has 0 spiro atoms. The van der Waals surface area contributed by atoms with Gasteiger partial charge in [0, 0.05) is 24.4 Å². The number of hydrogen-bond acceptors (Lipinski definition) is 3. The fourth-order valence-electron chi connectivity index (χ4n) is 1.54. The molecule has 0 aliphatic rings. The zero-order valence-corrected chi connectivity index (χ0v) is 9.78. The van der Waals surface area contributed by atoms with E-state index >= 15 is 0 Å². The lowest BCUT2D eigenvalue weighted by atomic mass is 10.2. The maximum absolute atomic E-state index is 13.4. The van der Waals surface area contributed by atoms with Crippen LogP contribution in [0.1, 0.15) is 5.56 Å². The molecule has 0 aliphatic carbocycles. The fourth-order valence-corrected chi connectivity index (χ4v) is 1.54. The van der Waals surface area contributed by atoms with Crippen molar-refractivity contribution in [3.05, 3.63) is 53.7 Å². The third-order valence-corrected chi connectivity index (χ3v) is 2.45. The minimum Gasteiger partial charge on any atom is -0.480 e. The normalized spacial score (nSPS) is 10.2. The van der Waals surface area contributed by atoms with Crippen molar-refractivity contribution in [2.75, 3.05) is 12.4 Å². The van der Waals surface area contributed by atoms with Crippen molar-refractivity contribution in [3.63, 3.8) is 0 Å².